The Morgan fingerprint density at radius 1 is 1.26 bits per heavy atom. The fraction of sp³-hybridized carbons (Fsp3) is 0.933. The molecule has 4 heteroatoms. The van der Waals surface area contributed by atoms with Crippen LogP contribution >= 0.6 is 0 Å². The van der Waals surface area contributed by atoms with Gasteiger partial charge in [0.15, 0.2) is 0 Å². The van der Waals surface area contributed by atoms with Gasteiger partial charge in [-0.25, -0.2) is 0 Å². The second-order valence-corrected chi connectivity index (χ2v) is 6.71. The van der Waals surface area contributed by atoms with Gasteiger partial charge in [0, 0.05) is 12.5 Å². The molecule has 0 aliphatic heterocycles. The molecule has 0 spiro atoms. The van der Waals surface area contributed by atoms with Crippen molar-refractivity contribution in [3.63, 3.8) is 0 Å². The average molecular weight is 268 g/mol. The van der Waals surface area contributed by atoms with Gasteiger partial charge in [-0.15, -0.1) is 0 Å². The van der Waals surface area contributed by atoms with E-state index in [1.807, 2.05) is 34.6 Å². The van der Waals surface area contributed by atoms with Gasteiger partial charge in [-0.05, 0) is 47.5 Å². The summed E-state index contributed by atoms with van der Waals surface area (Å²) >= 11 is 0. The number of hydrogen-bond acceptors (Lipinski definition) is 4. The van der Waals surface area contributed by atoms with Gasteiger partial charge in [-0.3, -0.25) is 5.32 Å². The lowest BCUT2D eigenvalue weighted by Crippen LogP contribution is -2.45. The molecule has 2 atom stereocenters. The largest absolute Gasteiger partial charge is 0.376 e. The van der Waals surface area contributed by atoms with Crippen molar-refractivity contribution >= 4 is 0 Å². The van der Waals surface area contributed by atoms with Crippen molar-refractivity contribution in [1.29, 1.82) is 5.26 Å². The Morgan fingerprint density at radius 3 is 2.37 bits per heavy atom. The Morgan fingerprint density at radius 2 is 1.89 bits per heavy atom. The van der Waals surface area contributed by atoms with E-state index in [4.69, 9.17) is 9.47 Å². The van der Waals surface area contributed by atoms with Crippen LogP contribution in [0.5, 0.6) is 0 Å². The predicted octanol–water partition coefficient (Wildman–Crippen LogP) is 2.63. The molecule has 1 fully saturated rings. The van der Waals surface area contributed by atoms with Crippen LogP contribution in [0.25, 0.3) is 0 Å². The van der Waals surface area contributed by atoms with Gasteiger partial charge in [-0.2, -0.15) is 5.26 Å². The zero-order valence-corrected chi connectivity index (χ0v) is 13.0. The van der Waals surface area contributed by atoms with Crippen LogP contribution in [0.15, 0.2) is 0 Å². The Kier molecular flexibility index (Phi) is 5.79. The highest BCUT2D eigenvalue weighted by Crippen LogP contribution is 2.24. The highest BCUT2D eigenvalue weighted by Gasteiger charge is 2.33. The molecule has 0 heterocycles. The first kappa shape index (κ1) is 16.4. The van der Waals surface area contributed by atoms with Gasteiger partial charge in [0.05, 0.1) is 31.0 Å². The lowest BCUT2D eigenvalue weighted by atomic mass is 9.96. The van der Waals surface area contributed by atoms with Gasteiger partial charge in [0.2, 0.25) is 0 Å². The zero-order valence-electron chi connectivity index (χ0n) is 13.0. The van der Waals surface area contributed by atoms with Gasteiger partial charge in [0.25, 0.3) is 0 Å². The SMILES string of the molecule is CC(CC(C)(C#N)NC1CC1)OCCOC(C)(C)C. The number of nitrogens with zero attached hydrogens (tertiary/aromatic N) is 1. The first-order chi connectivity index (χ1) is 8.74. The molecule has 19 heavy (non-hydrogen) atoms. The van der Waals surface area contributed by atoms with Crippen LogP contribution in [0, 0.1) is 11.3 Å². The fourth-order valence-electron chi connectivity index (χ4n) is 2.05. The molecular formula is C15H28N2O2. The Labute approximate surface area is 117 Å². The molecule has 1 saturated carbocycles. The smallest absolute Gasteiger partial charge is 0.106 e. The molecule has 0 radical (unpaired) electrons. The van der Waals surface area contributed by atoms with E-state index in [-0.39, 0.29) is 11.7 Å². The third kappa shape index (κ3) is 7.51. The van der Waals surface area contributed by atoms with Gasteiger partial charge in [-0.1, -0.05) is 0 Å². The molecule has 4 nitrogen and oxygen atoms in total. The minimum atomic E-state index is -0.481. The summed E-state index contributed by atoms with van der Waals surface area (Å²) < 4.78 is 11.3. The van der Waals surface area contributed by atoms with Crippen molar-refractivity contribution in [2.45, 2.75) is 77.2 Å². The van der Waals surface area contributed by atoms with Gasteiger partial charge in [0.1, 0.15) is 5.54 Å². The summed E-state index contributed by atoms with van der Waals surface area (Å²) in [6, 6.07) is 2.90. The number of hydrogen-bond donors (Lipinski definition) is 1. The quantitative estimate of drug-likeness (QED) is 0.688. The van der Waals surface area contributed by atoms with Crippen LogP contribution < -0.4 is 5.32 Å². The van der Waals surface area contributed by atoms with E-state index in [1.54, 1.807) is 0 Å². The third-order valence-electron chi connectivity index (χ3n) is 3.06. The highest BCUT2D eigenvalue weighted by molar-refractivity contribution is 5.07. The first-order valence-corrected chi connectivity index (χ1v) is 7.19. The van der Waals surface area contributed by atoms with Crippen molar-refractivity contribution in [3.05, 3.63) is 0 Å². The van der Waals surface area contributed by atoms with Crippen molar-refractivity contribution in [1.82, 2.24) is 5.32 Å². The Hall–Kier alpha value is -0.630. The van der Waals surface area contributed by atoms with Crippen LogP contribution in [0.1, 0.15) is 53.9 Å². The topological polar surface area (TPSA) is 54.3 Å². The van der Waals surface area contributed by atoms with Crippen molar-refractivity contribution in [3.8, 4) is 6.07 Å². The molecule has 1 N–H and O–H groups in total. The molecule has 1 aliphatic rings. The fourth-order valence-corrected chi connectivity index (χ4v) is 2.05. The molecule has 0 aromatic carbocycles. The highest BCUT2D eigenvalue weighted by atomic mass is 16.5. The van der Waals surface area contributed by atoms with E-state index in [0.29, 0.717) is 25.7 Å². The van der Waals surface area contributed by atoms with E-state index in [9.17, 15) is 5.26 Å². The van der Waals surface area contributed by atoms with Crippen molar-refractivity contribution in [2.75, 3.05) is 13.2 Å². The minimum Gasteiger partial charge on any atom is -0.376 e. The predicted molar refractivity (Wildman–Crippen MR) is 75.9 cm³/mol. The molecule has 110 valence electrons. The van der Waals surface area contributed by atoms with Crippen LogP contribution in [0.4, 0.5) is 0 Å². The third-order valence-corrected chi connectivity index (χ3v) is 3.06. The monoisotopic (exact) mass is 268 g/mol. The van der Waals surface area contributed by atoms with E-state index < -0.39 is 5.54 Å². The lowest BCUT2D eigenvalue weighted by molar-refractivity contribution is -0.0520. The second-order valence-electron chi connectivity index (χ2n) is 6.71. The molecule has 0 amide bonds. The zero-order chi connectivity index (χ0) is 14.5. The molecule has 1 aliphatic carbocycles. The number of rotatable bonds is 8. The maximum Gasteiger partial charge on any atom is 0.106 e. The molecular weight excluding hydrogens is 240 g/mol. The van der Waals surface area contributed by atoms with Gasteiger partial charge < -0.3 is 9.47 Å². The summed E-state index contributed by atoms with van der Waals surface area (Å²) in [6.45, 7) is 11.2. The van der Waals surface area contributed by atoms with Crippen LogP contribution in [-0.2, 0) is 9.47 Å². The summed E-state index contributed by atoms with van der Waals surface area (Å²) in [5.41, 5.74) is -0.604. The maximum atomic E-state index is 9.30. The molecule has 0 aromatic rings. The van der Waals surface area contributed by atoms with Crippen LogP contribution in [0.3, 0.4) is 0 Å². The molecule has 1 rings (SSSR count). The van der Waals surface area contributed by atoms with E-state index in [2.05, 4.69) is 11.4 Å². The van der Waals surface area contributed by atoms with Crippen molar-refractivity contribution in [2.24, 2.45) is 0 Å². The van der Waals surface area contributed by atoms with Crippen molar-refractivity contribution < 1.29 is 9.47 Å². The number of nitrogens with one attached hydrogen (secondary N) is 1. The standard InChI is InChI=1S/C15H28N2O2/c1-12(18-8-9-19-14(2,3)4)10-15(5,11-16)17-13-6-7-13/h12-13,17H,6-10H2,1-5H3. The summed E-state index contributed by atoms with van der Waals surface area (Å²) in [4.78, 5) is 0. The lowest BCUT2D eigenvalue weighted by Gasteiger charge is -2.27. The normalized spacial score (nSPS) is 20.6. The van der Waals surface area contributed by atoms with E-state index in [1.165, 1.54) is 12.8 Å². The number of nitriles is 1. The van der Waals surface area contributed by atoms with E-state index in [0.717, 1.165) is 0 Å². The average Bonchev–Trinajstić information content (AvgIpc) is 3.07. The Bertz CT molecular complexity index is 315. The van der Waals surface area contributed by atoms with Crippen LogP contribution in [0.2, 0.25) is 0 Å². The molecule has 0 saturated heterocycles. The Balaban J connectivity index is 2.21. The minimum absolute atomic E-state index is 0.0551. The first-order valence-electron chi connectivity index (χ1n) is 7.19. The molecule has 2 unspecified atom stereocenters. The molecule has 0 aromatic heterocycles. The summed E-state index contributed by atoms with van der Waals surface area (Å²) in [7, 11) is 0. The second kappa shape index (κ2) is 6.69. The summed E-state index contributed by atoms with van der Waals surface area (Å²) in [6.07, 6.45) is 3.13. The maximum absolute atomic E-state index is 9.30. The van der Waals surface area contributed by atoms with E-state index >= 15 is 0 Å². The number of ether oxygens (including phenoxy) is 2. The van der Waals surface area contributed by atoms with Crippen LogP contribution in [-0.4, -0.2) is 36.5 Å². The summed E-state index contributed by atoms with van der Waals surface area (Å²) in [5.74, 6) is 0. The summed E-state index contributed by atoms with van der Waals surface area (Å²) in [5, 5.41) is 12.7. The van der Waals surface area contributed by atoms with Gasteiger partial charge >= 0.3 is 0 Å². The molecule has 0 bridgehead atoms.